The lowest BCUT2D eigenvalue weighted by Gasteiger charge is -2.38. The number of aromatic nitrogens is 1. The van der Waals surface area contributed by atoms with Crippen molar-refractivity contribution >= 4 is 22.6 Å². The largest absolute Gasteiger partial charge is 0.444 e. The number of esters is 1. The second kappa shape index (κ2) is 6.51. The molecular weight excluding hydrogens is 396 g/mol. The van der Waals surface area contributed by atoms with Gasteiger partial charge in [0.15, 0.2) is 5.60 Å². The molecule has 2 atom stereocenters. The van der Waals surface area contributed by atoms with E-state index in [1.54, 1.807) is 0 Å². The fourth-order valence-corrected chi connectivity index (χ4v) is 5.43. The van der Waals surface area contributed by atoms with Crippen molar-refractivity contribution in [3.63, 3.8) is 0 Å². The molecule has 4 nitrogen and oxygen atoms in total. The lowest BCUT2D eigenvalue weighted by atomic mass is 9.71. The number of fused-ring (bicyclic) bond motifs is 3. The first-order valence-electron chi connectivity index (χ1n) is 10.7. The fraction of sp³-hybridized carbons (Fsp3) is 0.179. The first kappa shape index (κ1) is 18.8. The van der Waals surface area contributed by atoms with Crippen LogP contribution in [-0.2, 0) is 17.4 Å². The van der Waals surface area contributed by atoms with Crippen LogP contribution in [0.2, 0.25) is 0 Å². The normalized spacial score (nSPS) is 21.0. The van der Waals surface area contributed by atoms with Crippen LogP contribution in [0, 0.1) is 18.9 Å². The van der Waals surface area contributed by atoms with Crippen LogP contribution in [0.1, 0.15) is 38.7 Å². The molecule has 0 saturated carbocycles. The molecule has 0 bridgehead atoms. The third kappa shape index (κ3) is 2.26. The lowest BCUT2D eigenvalue weighted by Crippen LogP contribution is -2.37. The zero-order valence-electron chi connectivity index (χ0n) is 18.2. The summed E-state index contributed by atoms with van der Waals surface area (Å²) in [4.78, 5) is 15.2. The van der Waals surface area contributed by atoms with Gasteiger partial charge in [-0.2, -0.15) is 0 Å². The van der Waals surface area contributed by atoms with E-state index in [1.807, 2.05) is 60.5 Å². The van der Waals surface area contributed by atoms with E-state index in [2.05, 4.69) is 54.8 Å². The molecule has 3 aromatic carbocycles. The fourth-order valence-electron chi connectivity index (χ4n) is 5.43. The van der Waals surface area contributed by atoms with Gasteiger partial charge < -0.3 is 14.2 Å². The predicted molar refractivity (Wildman–Crippen MR) is 126 cm³/mol. The minimum absolute atomic E-state index is 0.300. The summed E-state index contributed by atoms with van der Waals surface area (Å²) in [5.74, 6) is 2.82. The summed E-state index contributed by atoms with van der Waals surface area (Å²) >= 11 is 0. The average Bonchev–Trinajstić information content (AvgIpc) is 3.26. The number of carbonyl (C=O) groups excluding carboxylic acids is 1. The molecule has 32 heavy (non-hydrogen) atoms. The molecule has 4 heteroatoms. The van der Waals surface area contributed by atoms with E-state index < -0.39 is 5.60 Å². The zero-order valence-corrected chi connectivity index (χ0v) is 18.2. The van der Waals surface area contributed by atoms with Crippen LogP contribution in [0.25, 0.3) is 10.9 Å². The van der Waals surface area contributed by atoms with Crippen molar-refractivity contribution in [1.82, 2.24) is 4.57 Å². The van der Waals surface area contributed by atoms with Gasteiger partial charge in [-0.3, -0.25) is 0 Å². The molecule has 2 aliphatic heterocycles. The SMILES string of the molecule is Cc1c(C2(C3C#CN(C)c4ccccc43)OC(=O)c3ccccc32)c2ccccc2n1C. The third-order valence-electron chi connectivity index (χ3n) is 6.96. The molecule has 2 unspecified atom stereocenters. The number of nitrogens with zero attached hydrogens (tertiary/aromatic N) is 2. The highest BCUT2D eigenvalue weighted by Crippen LogP contribution is 2.55. The molecule has 2 aliphatic rings. The van der Waals surface area contributed by atoms with E-state index in [0.29, 0.717) is 5.56 Å². The van der Waals surface area contributed by atoms with Crippen LogP contribution in [0.15, 0.2) is 72.8 Å². The highest BCUT2D eigenvalue weighted by atomic mass is 16.6. The van der Waals surface area contributed by atoms with E-state index in [1.165, 1.54) is 0 Å². The van der Waals surface area contributed by atoms with Crippen molar-refractivity contribution in [3.8, 4) is 12.0 Å². The molecule has 0 saturated heterocycles. The van der Waals surface area contributed by atoms with Gasteiger partial charge in [-0.15, -0.1) is 0 Å². The van der Waals surface area contributed by atoms with E-state index in [-0.39, 0.29) is 11.9 Å². The Kier molecular flexibility index (Phi) is 3.82. The van der Waals surface area contributed by atoms with Gasteiger partial charge in [0.2, 0.25) is 0 Å². The zero-order chi connectivity index (χ0) is 22.0. The molecule has 1 aromatic heterocycles. The molecule has 156 valence electrons. The number of anilines is 1. The number of para-hydroxylation sites is 2. The van der Waals surface area contributed by atoms with Crippen molar-refractivity contribution in [2.24, 2.45) is 7.05 Å². The topological polar surface area (TPSA) is 34.5 Å². The number of cyclic esters (lactones) is 1. The summed E-state index contributed by atoms with van der Waals surface area (Å²) in [6, 6.07) is 27.5. The second-order valence-corrected chi connectivity index (χ2v) is 8.51. The summed E-state index contributed by atoms with van der Waals surface area (Å²) in [6.45, 7) is 2.10. The molecule has 3 heterocycles. The minimum atomic E-state index is -1.04. The molecular formula is C28H22N2O2. The van der Waals surface area contributed by atoms with Crippen molar-refractivity contribution in [2.45, 2.75) is 18.4 Å². The summed E-state index contributed by atoms with van der Waals surface area (Å²) < 4.78 is 8.64. The first-order valence-corrected chi connectivity index (χ1v) is 10.7. The molecule has 0 amide bonds. The van der Waals surface area contributed by atoms with Gasteiger partial charge in [0.05, 0.1) is 17.2 Å². The Hall–Kier alpha value is -3.97. The third-order valence-corrected chi connectivity index (χ3v) is 6.96. The predicted octanol–water partition coefficient (Wildman–Crippen LogP) is 5.10. The summed E-state index contributed by atoms with van der Waals surface area (Å²) in [5.41, 5.74) is 5.72. The van der Waals surface area contributed by atoms with Crippen molar-refractivity contribution in [1.29, 1.82) is 0 Å². The van der Waals surface area contributed by atoms with Crippen LogP contribution in [0.3, 0.4) is 0 Å². The number of benzene rings is 3. The van der Waals surface area contributed by atoms with E-state index in [4.69, 9.17) is 4.74 Å². The quantitative estimate of drug-likeness (QED) is 0.336. The first-order chi connectivity index (χ1) is 15.5. The summed E-state index contributed by atoms with van der Waals surface area (Å²) in [5, 5.41) is 1.08. The second-order valence-electron chi connectivity index (χ2n) is 8.51. The van der Waals surface area contributed by atoms with Crippen molar-refractivity contribution in [2.75, 3.05) is 11.9 Å². The number of carbonyl (C=O) groups is 1. The standard InChI is InChI=1S/C28H22N2O2/c1-18-26(21-12-6-9-15-25(21)30(18)3)28(22-13-7-4-11-20(22)27(31)32-28)23-16-17-29(2)24-14-8-5-10-19(23)24/h4-15,23H,1-3H3. The highest BCUT2D eigenvalue weighted by molar-refractivity contribution is 5.98. The van der Waals surface area contributed by atoms with Crippen LogP contribution in [0.5, 0.6) is 0 Å². The Labute approximate surface area is 187 Å². The van der Waals surface area contributed by atoms with Crippen LogP contribution in [0.4, 0.5) is 5.69 Å². The number of rotatable bonds is 2. The molecule has 0 aliphatic carbocycles. The minimum Gasteiger partial charge on any atom is -0.444 e. The van der Waals surface area contributed by atoms with Crippen LogP contribution < -0.4 is 4.90 Å². The molecule has 0 radical (unpaired) electrons. The Bertz CT molecular complexity index is 1490. The Balaban J connectivity index is 1.77. The summed E-state index contributed by atoms with van der Waals surface area (Å²) in [6.07, 6.45) is 0. The van der Waals surface area contributed by atoms with Gasteiger partial charge in [0.25, 0.3) is 0 Å². The lowest BCUT2D eigenvalue weighted by molar-refractivity contribution is 0.00611. The van der Waals surface area contributed by atoms with Gasteiger partial charge in [-0.05, 0) is 30.7 Å². The van der Waals surface area contributed by atoms with E-state index >= 15 is 0 Å². The van der Waals surface area contributed by atoms with Gasteiger partial charge in [-0.25, -0.2) is 4.79 Å². The van der Waals surface area contributed by atoms with E-state index in [9.17, 15) is 4.79 Å². The molecule has 0 spiro atoms. The van der Waals surface area contributed by atoms with Gasteiger partial charge in [0, 0.05) is 47.9 Å². The Morgan fingerprint density at radius 2 is 1.66 bits per heavy atom. The van der Waals surface area contributed by atoms with Gasteiger partial charge >= 0.3 is 5.97 Å². The van der Waals surface area contributed by atoms with Crippen molar-refractivity contribution < 1.29 is 9.53 Å². The molecule has 0 N–H and O–H groups in total. The maximum Gasteiger partial charge on any atom is 0.339 e. The maximum absolute atomic E-state index is 13.2. The average molecular weight is 418 g/mol. The van der Waals surface area contributed by atoms with Crippen LogP contribution in [-0.4, -0.2) is 17.6 Å². The summed E-state index contributed by atoms with van der Waals surface area (Å²) in [7, 11) is 4.03. The maximum atomic E-state index is 13.2. The van der Waals surface area contributed by atoms with Crippen LogP contribution >= 0.6 is 0 Å². The highest BCUT2D eigenvalue weighted by Gasteiger charge is 2.55. The van der Waals surface area contributed by atoms with Crippen molar-refractivity contribution in [3.05, 3.63) is 101 Å². The number of hydrogen-bond donors (Lipinski definition) is 0. The Morgan fingerprint density at radius 3 is 2.53 bits per heavy atom. The monoisotopic (exact) mass is 418 g/mol. The number of aryl methyl sites for hydroxylation is 1. The molecule has 0 fully saturated rings. The molecule has 4 aromatic rings. The number of ether oxygens (including phenoxy) is 1. The van der Waals surface area contributed by atoms with Gasteiger partial charge in [0.1, 0.15) is 0 Å². The molecule has 6 rings (SSSR count). The van der Waals surface area contributed by atoms with E-state index in [0.717, 1.165) is 39.0 Å². The van der Waals surface area contributed by atoms with Gasteiger partial charge in [-0.1, -0.05) is 60.5 Å². The Morgan fingerprint density at radius 1 is 0.938 bits per heavy atom. The smallest absolute Gasteiger partial charge is 0.339 e. The number of hydrogen-bond acceptors (Lipinski definition) is 3.